The van der Waals surface area contributed by atoms with Crippen LogP contribution in [0.1, 0.15) is 17.3 Å². The lowest BCUT2D eigenvalue weighted by Crippen LogP contribution is -2.36. The number of rotatable bonds is 7. The van der Waals surface area contributed by atoms with Crippen molar-refractivity contribution in [1.82, 2.24) is 4.31 Å². The van der Waals surface area contributed by atoms with Gasteiger partial charge in [0, 0.05) is 18.8 Å². The smallest absolute Gasteiger partial charge is 0.339 e. The van der Waals surface area contributed by atoms with Crippen LogP contribution in [0.5, 0.6) is 5.75 Å². The molecule has 0 aliphatic heterocycles. The molecule has 0 fully saturated rings. The first kappa shape index (κ1) is 17.8. The van der Waals surface area contributed by atoms with E-state index in [0.29, 0.717) is 5.75 Å². The molecule has 1 unspecified atom stereocenters. The summed E-state index contributed by atoms with van der Waals surface area (Å²) in [5, 5.41) is 9.13. The molecule has 0 spiro atoms. The first-order valence-corrected chi connectivity index (χ1v) is 8.97. The molecule has 1 aromatic carbocycles. The van der Waals surface area contributed by atoms with Crippen LogP contribution in [-0.4, -0.2) is 56.0 Å². The van der Waals surface area contributed by atoms with Gasteiger partial charge in [-0.25, -0.2) is 13.2 Å². The van der Waals surface area contributed by atoms with Crippen molar-refractivity contribution in [2.75, 3.05) is 26.2 Å². The maximum absolute atomic E-state index is 12.5. The Morgan fingerprint density at radius 1 is 1.48 bits per heavy atom. The van der Waals surface area contributed by atoms with Crippen molar-refractivity contribution in [3.05, 3.63) is 23.8 Å². The number of thioether (sulfide) groups is 1. The first-order chi connectivity index (χ1) is 9.75. The molecular formula is C13H19NO5S2. The van der Waals surface area contributed by atoms with E-state index in [0.717, 1.165) is 6.07 Å². The molecule has 1 N–H and O–H groups in total. The number of carboxylic acid groups (broad SMARTS) is 1. The SMILES string of the molecule is COc1ccc(S(=O)(=O)N(C)C(C)CSC)cc1C(=O)O. The molecule has 0 saturated carbocycles. The van der Waals surface area contributed by atoms with Crippen molar-refractivity contribution in [2.45, 2.75) is 17.9 Å². The Bertz CT molecular complexity index is 615. The van der Waals surface area contributed by atoms with Gasteiger partial charge < -0.3 is 9.84 Å². The number of ether oxygens (including phenoxy) is 1. The number of benzene rings is 1. The first-order valence-electron chi connectivity index (χ1n) is 6.14. The number of methoxy groups -OCH3 is 1. The summed E-state index contributed by atoms with van der Waals surface area (Å²) in [6.45, 7) is 1.80. The van der Waals surface area contributed by atoms with Gasteiger partial charge >= 0.3 is 5.97 Å². The Labute approximate surface area is 129 Å². The minimum absolute atomic E-state index is 0.0591. The molecule has 6 nitrogen and oxygen atoms in total. The van der Waals surface area contributed by atoms with Crippen LogP contribution in [0.2, 0.25) is 0 Å². The van der Waals surface area contributed by atoms with Gasteiger partial charge in [0.2, 0.25) is 10.0 Å². The summed E-state index contributed by atoms with van der Waals surface area (Å²) in [5.74, 6) is -0.456. The van der Waals surface area contributed by atoms with E-state index >= 15 is 0 Å². The molecule has 0 aliphatic rings. The normalized spacial score (nSPS) is 13.2. The van der Waals surface area contributed by atoms with Crippen molar-refractivity contribution < 1.29 is 23.1 Å². The number of carboxylic acids is 1. The van der Waals surface area contributed by atoms with Crippen LogP contribution in [0, 0.1) is 0 Å². The fourth-order valence-electron chi connectivity index (χ4n) is 1.76. The Kier molecular flexibility index (Phi) is 6.06. The third-order valence-electron chi connectivity index (χ3n) is 3.11. The number of hydrogen-bond acceptors (Lipinski definition) is 5. The third kappa shape index (κ3) is 3.90. The molecule has 0 aliphatic carbocycles. The van der Waals surface area contributed by atoms with Crippen LogP contribution >= 0.6 is 11.8 Å². The van der Waals surface area contributed by atoms with Gasteiger partial charge in [0.25, 0.3) is 0 Å². The summed E-state index contributed by atoms with van der Waals surface area (Å²) in [7, 11) is -0.917. The zero-order valence-corrected chi connectivity index (χ0v) is 14.0. The molecule has 8 heteroatoms. The number of hydrogen-bond donors (Lipinski definition) is 1. The van der Waals surface area contributed by atoms with Crippen molar-refractivity contribution in [3.8, 4) is 5.75 Å². The standard InChI is InChI=1S/C13H19NO5S2/c1-9(8-20-4)14(2)21(17,18)10-5-6-12(19-3)11(7-10)13(15)16/h5-7,9H,8H2,1-4H3,(H,15,16). The van der Waals surface area contributed by atoms with Crippen molar-refractivity contribution >= 4 is 27.8 Å². The van der Waals surface area contributed by atoms with Gasteiger partial charge in [0.05, 0.1) is 12.0 Å². The second-order valence-electron chi connectivity index (χ2n) is 4.49. The summed E-state index contributed by atoms with van der Waals surface area (Å²) in [5.41, 5.74) is -0.176. The molecule has 118 valence electrons. The second kappa shape index (κ2) is 7.15. The average Bonchev–Trinajstić information content (AvgIpc) is 2.45. The molecule has 0 aromatic heterocycles. The zero-order valence-electron chi connectivity index (χ0n) is 12.4. The lowest BCUT2D eigenvalue weighted by atomic mass is 10.2. The Balaban J connectivity index is 3.26. The largest absolute Gasteiger partial charge is 0.496 e. The molecule has 1 rings (SSSR count). The van der Waals surface area contributed by atoms with Gasteiger partial charge in [-0.3, -0.25) is 0 Å². The number of sulfonamides is 1. The zero-order chi connectivity index (χ0) is 16.2. The molecule has 1 aromatic rings. The van der Waals surface area contributed by atoms with E-state index in [-0.39, 0.29) is 22.3 Å². The second-order valence-corrected chi connectivity index (χ2v) is 7.40. The van der Waals surface area contributed by atoms with Gasteiger partial charge in [-0.05, 0) is 31.4 Å². The molecule has 0 bridgehead atoms. The number of aromatic carboxylic acids is 1. The van der Waals surface area contributed by atoms with Crippen LogP contribution in [-0.2, 0) is 10.0 Å². The van der Waals surface area contributed by atoms with Crippen LogP contribution in [0.4, 0.5) is 0 Å². The van der Waals surface area contributed by atoms with Crippen LogP contribution in [0.15, 0.2) is 23.1 Å². The number of carbonyl (C=O) groups is 1. The van der Waals surface area contributed by atoms with Crippen molar-refractivity contribution in [2.24, 2.45) is 0 Å². The van der Waals surface area contributed by atoms with Gasteiger partial charge in [-0.15, -0.1) is 0 Å². The monoisotopic (exact) mass is 333 g/mol. The average molecular weight is 333 g/mol. The fraction of sp³-hybridized carbons (Fsp3) is 0.462. The maximum Gasteiger partial charge on any atom is 0.339 e. The van der Waals surface area contributed by atoms with Gasteiger partial charge in [-0.2, -0.15) is 16.1 Å². The molecule has 0 saturated heterocycles. The molecular weight excluding hydrogens is 314 g/mol. The highest BCUT2D eigenvalue weighted by atomic mass is 32.2. The predicted molar refractivity (Wildman–Crippen MR) is 82.7 cm³/mol. The highest BCUT2D eigenvalue weighted by Gasteiger charge is 2.26. The van der Waals surface area contributed by atoms with Crippen LogP contribution in [0.3, 0.4) is 0 Å². The van der Waals surface area contributed by atoms with E-state index in [4.69, 9.17) is 9.84 Å². The Morgan fingerprint density at radius 3 is 2.57 bits per heavy atom. The highest BCUT2D eigenvalue weighted by molar-refractivity contribution is 7.98. The quantitative estimate of drug-likeness (QED) is 0.818. The van der Waals surface area contributed by atoms with Gasteiger partial charge in [-0.1, -0.05) is 0 Å². The Morgan fingerprint density at radius 2 is 2.10 bits per heavy atom. The van der Waals surface area contributed by atoms with Crippen LogP contribution in [0.25, 0.3) is 0 Å². The molecule has 0 heterocycles. The van der Waals surface area contributed by atoms with E-state index in [9.17, 15) is 13.2 Å². The van der Waals surface area contributed by atoms with E-state index in [1.54, 1.807) is 18.7 Å². The summed E-state index contributed by atoms with van der Waals surface area (Å²) in [4.78, 5) is 11.1. The number of nitrogens with zero attached hydrogens (tertiary/aromatic N) is 1. The third-order valence-corrected chi connectivity index (χ3v) is 5.89. The predicted octanol–water partition coefficient (Wildman–Crippen LogP) is 1.77. The summed E-state index contributed by atoms with van der Waals surface area (Å²) >= 11 is 1.54. The molecule has 1 atom stereocenters. The highest BCUT2D eigenvalue weighted by Crippen LogP contribution is 2.25. The lowest BCUT2D eigenvalue weighted by molar-refractivity contribution is 0.0693. The van der Waals surface area contributed by atoms with Gasteiger partial charge in [0.15, 0.2) is 0 Å². The topological polar surface area (TPSA) is 83.9 Å². The van der Waals surface area contributed by atoms with Crippen molar-refractivity contribution in [3.63, 3.8) is 0 Å². The van der Waals surface area contributed by atoms with E-state index < -0.39 is 16.0 Å². The maximum atomic E-state index is 12.5. The lowest BCUT2D eigenvalue weighted by Gasteiger charge is -2.24. The van der Waals surface area contributed by atoms with E-state index in [1.807, 2.05) is 6.26 Å². The Hall–Kier alpha value is -1.25. The molecule has 0 amide bonds. The van der Waals surface area contributed by atoms with Gasteiger partial charge in [0.1, 0.15) is 11.3 Å². The molecule has 21 heavy (non-hydrogen) atoms. The fourth-order valence-corrected chi connectivity index (χ4v) is 3.95. The van der Waals surface area contributed by atoms with E-state index in [1.165, 1.54) is 30.6 Å². The minimum atomic E-state index is -3.74. The summed E-state index contributed by atoms with van der Waals surface area (Å²) in [6.07, 6.45) is 1.90. The summed E-state index contributed by atoms with van der Waals surface area (Å²) < 4.78 is 31.2. The van der Waals surface area contributed by atoms with Crippen LogP contribution < -0.4 is 4.74 Å². The molecule has 0 radical (unpaired) electrons. The summed E-state index contributed by atoms with van der Waals surface area (Å²) in [6, 6.07) is 3.63. The van der Waals surface area contributed by atoms with E-state index in [2.05, 4.69) is 0 Å². The minimum Gasteiger partial charge on any atom is -0.496 e. The van der Waals surface area contributed by atoms with Crippen molar-refractivity contribution in [1.29, 1.82) is 0 Å².